The van der Waals surface area contributed by atoms with Crippen LogP contribution in [0.2, 0.25) is 5.22 Å². The number of carboxylic acid groups (broad SMARTS) is 1. The fourth-order valence-corrected chi connectivity index (χ4v) is 3.35. The first-order valence-corrected chi connectivity index (χ1v) is 7.39. The normalized spacial score (nSPS) is 28.1. The van der Waals surface area contributed by atoms with Crippen LogP contribution in [-0.2, 0) is 4.79 Å². The second kappa shape index (κ2) is 5.72. The van der Waals surface area contributed by atoms with Crippen LogP contribution in [0.25, 0.3) is 0 Å². The molecule has 0 spiro atoms. The van der Waals surface area contributed by atoms with Crippen LogP contribution in [-0.4, -0.2) is 23.0 Å². The minimum Gasteiger partial charge on any atom is -0.481 e. The van der Waals surface area contributed by atoms with Gasteiger partial charge in [-0.15, -0.1) is 0 Å². The van der Waals surface area contributed by atoms with Gasteiger partial charge in [0.2, 0.25) is 5.22 Å². The van der Waals surface area contributed by atoms with Crippen molar-refractivity contribution in [3.63, 3.8) is 0 Å². The van der Waals surface area contributed by atoms with Gasteiger partial charge < -0.3 is 14.8 Å². The molecule has 1 aromatic rings. The van der Waals surface area contributed by atoms with Crippen molar-refractivity contribution in [1.29, 1.82) is 0 Å². The summed E-state index contributed by atoms with van der Waals surface area (Å²) in [6, 6.07) is 1.45. The third-order valence-electron chi connectivity index (χ3n) is 4.92. The van der Waals surface area contributed by atoms with Crippen molar-refractivity contribution < 1.29 is 19.1 Å². The SMILES string of the molecule is CC1C(NC(=O)c2ccoc2Cl)CCC(C(=O)O)C1(C)C. The quantitative estimate of drug-likeness (QED) is 0.898. The van der Waals surface area contributed by atoms with Crippen molar-refractivity contribution in [2.45, 2.75) is 39.7 Å². The smallest absolute Gasteiger partial charge is 0.307 e. The first kappa shape index (κ1) is 15.9. The Morgan fingerprint density at radius 3 is 2.62 bits per heavy atom. The molecule has 116 valence electrons. The van der Waals surface area contributed by atoms with E-state index in [2.05, 4.69) is 5.32 Å². The van der Waals surface area contributed by atoms with E-state index in [1.165, 1.54) is 12.3 Å². The molecule has 1 aliphatic carbocycles. The number of furan rings is 1. The molecule has 0 saturated heterocycles. The van der Waals surface area contributed by atoms with Gasteiger partial charge in [0.25, 0.3) is 5.91 Å². The number of aliphatic carboxylic acids is 1. The van der Waals surface area contributed by atoms with Gasteiger partial charge in [0.05, 0.1) is 17.7 Å². The minimum atomic E-state index is -0.769. The predicted molar refractivity (Wildman–Crippen MR) is 78.3 cm³/mol. The number of carbonyl (C=O) groups is 2. The molecular weight excluding hydrogens is 294 g/mol. The first-order chi connectivity index (χ1) is 9.75. The molecule has 1 aromatic heterocycles. The number of carbonyl (C=O) groups excluding carboxylic acids is 1. The molecule has 5 nitrogen and oxygen atoms in total. The molecule has 0 aliphatic heterocycles. The van der Waals surface area contributed by atoms with Gasteiger partial charge in [0.1, 0.15) is 0 Å². The number of nitrogens with one attached hydrogen (secondary N) is 1. The fraction of sp³-hybridized carbons (Fsp3) is 0.600. The number of amides is 1. The van der Waals surface area contributed by atoms with E-state index in [9.17, 15) is 14.7 Å². The predicted octanol–water partition coefficient (Wildman–Crippen LogP) is 3.19. The molecule has 2 N–H and O–H groups in total. The van der Waals surface area contributed by atoms with Gasteiger partial charge in [0, 0.05) is 6.04 Å². The van der Waals surface area contributed by atoms with Gasteiger partial charge in [-0.1, -0.05) is 20.8 Å². The lowest BCUT2D eigenvalue weighted by molar-refractivity contribution is -0.150. The fourth-order valence-electron chi connectivity index (χ4n) is 3.14. The van der Waals surface area contributed by atoms with Crippen LogP contribution in [0.4, 0.5) is 0 Å². The molecule has 1 fully saturated rings. The maximum atomic E-state index is 12.2. The summed E-state index contributed by atoms with van der Waals surface area (Å²) in [5.74, 6) is -1.40. The van der Waals surface area contributed by atoms with Crippen LogP contribution in [0.3, 0.4) is 0 Å². The standard InChI is InChI=1S/C15H20ClNO4/c1-8-11(5-4-10(14(19)20)15(8,2)3)17-13(18)9-6-7-21-12(9)16/h6-8,10-11H,4-5H2,1-3H3,(H,17,18)(H,19,20). The molecule has 0 radical (unpaired) electrons. The zero-order chi connectivity index (χ0) is 15.8. The molecule has 1 aliphatic rings. The molecule has 21 heavy (non-hydrogen) atoms. The van der Waals surface area contributed by atoms with E-state index in [1.54, 1.807) is 0 Å². The Hall–Kier alpha value is -1.49. The van der Waals surface area contributed by atoms with Gasteiger partial charge >= 0.3 is 5.97 Å². The highest BCUT2D eigenvalue weighted by atomic mass is 35.5. The molecular formula is C15H20ClNO4. The van der Waals surface area contributed by atoms with Crippen molar-refractivity contribution in [1.82, 2.24) is 5.32 Å². The van der Waals surface area contributed by atoms with Gasteiger partial charge in [-0.25, -0.2) is 0 Å². The van der Waals surface area contributed by atoms with E-state index in [0.29, 0.717) is 18.4 Å². The summed E-state index contributed by atoms with van der Waals surface area (Å²) in [6.45, 7) is 5.87. The van der Waals surface area contributed by atoms with Crippen molar-refractivity contribution in [2.75, 3.05) is 0 Å². The zero-order valence-electron chi connectivity index (χ0n) is 12.4. The van der Waals surface area contributed by atoms with Crippen LogP contribution in [0.15, 0.2) is 16.7 Å². The topological polar surface area (TPSA) is 79.5 Å². The second-order valence-electron chi connectivity index (χ2n) is 6.27. The summed E-state index contributed by atoms with van der Waals surface area (Å²) in [4.78, 5) is 23.6. The first-order valence-electron chi connectivity index (χ1n) is 7.01. The Kier molecular flexibility index (Phi) is 4.33. The van der Waals surface area contributed by atoms with E-state index in [0.717, 1.165) is 0 Å². The Balaban J connectivity index is 2.11. The summed E-state index contributed by atoms with van der Waals surface area (Å²) in [5.41, 5.74) is -0.0792. The lowest BCUT2D eigenvalue weighted by atomic mass is 9.61. The Morgan fingerprint density at radius 2 is 2.10 bits per heavy atom. The van der Waals surface area contributed by atoms with Gasteiger partial charge in [-0.05, 0) is 41.8 Å². The lowest BCUT2D eigenvalue weighted by Crippen LogP contribution is -2.52. The number of hydrogen-bond donors (Lipinski definition) is 2. The third-order valence-corrected chi connectivity index (χ3v) is 5.21. The number of rotatable bonds is 3. The highest BCUT2D eigenvalue weighted by Crippen LogP contribution is 2.45. The summed E-state index contributed by atoms with van der Waals surface area (Å²) in [5, 5.41) is 12.3. The zero-order valence-corrected chi connectivity index (χ0v) is 13.1. The molecule has 1 saturated carbocycles. The van der Waals surface area contributed by atoms with Crippen LogP contribution in [0, 0.1) is 17.3 Å². The molecule has 3 unspecified atom stereocenters. The highest BCUT2D eigenvalue weighted by Gasteiger charge is 2.46. The monoisotopic (exact) mass is 313 g/mol. The van der Waals surface area contributed by atoms with Crippen LogP contribution < -0.4 is 5.32 Å². The second-order valence-corrected chi connectivity index (χ2v) is 6.61. The van der Waals surface area contributed by atoms with E-state index in [4.69, 9.17) is 16.0 Å². The summed E-state index contributed by atoms with van der Waals surface area (Å²) in [6.07, 6.45) is 2.56. The van der Waals surface area contributed by atoms with Gasteiger partial charge in [-0.2, -0.15) is 0 Å². The molecule has 1 heterocycles. The van der Waals surface area contributed by atoms with E-state index < -0.39 is 11.9 Å². The summed E-state index contributed by atoms with van der Waals surface area (Å²) < 4.78 is 4.92. The number of hydrogen-bond acceptors (Lipinski definition) is 3. The highest BCUT2D eigenvalue weighted by molar-refractivity contribution is 6.32. The molecule has 0 aromatic carbocycles. The lowest BCUT2D eigenvalue weighted by Gasteiger charge is -2.46. The maximum Gasteiger partial charge on any atom is 0.307 e. The van der Waals surface area contributed by atoms with Gasteiger partial charge in [-0.3, -0.25) is 9.59 Å². The largest absolute Gasteiger partial charge is 0.481 e. The number of halogens is 1. The van der Waals surface area contributed by atoms with Crippen molar-refractivity contribution in [3.8, 4) is 0 Å². The summed E-state index contributed by atoms with van der Waals surface area (Å²) in [7, 11) is 0. The van der Waals surface area contributed by atoms with Crippen LogP contribution in [0.1, 0.15) is 44.0 Å². The Bertz CT molecular complexity index is 552. The maximum absolute atomic E-state index is 12.2. The van der Waals surface area contributed by atoms with Crippen LogP contribution >= 0.6 is 11.6 Å². The van der Waals surface area contributed by atoms with E-state index in [-0.39, 0.29) is 28.5 Å². The Morgan fingerprint density at radius 1 is 1.43 bits per heavy atom. The summed E-state index contributed by atoms with van der Waals surface area (Å²) >= 11 is 5.80. The number of carboxylic acids is 1. The van der Waals surface area contributed by atoms with Crippen molar-refractivity contribution >= 4 is 23.5 Å². The minimum absolute atomic E-state index is 0.0435. The van der Waals surface area contributed by atoms with Crippen molar-refractivity contribution in [3.05, 3.63) is 23.1 Å². The molecule has 3 atom stereocenters. The third kappa shape index (κ3) is 2.93. The van der Waals surface area contributed by atoms with E-state index >= 15 is 0 Å². The van der Waals surface area contributed by atoms with Crippen LogP contribution in [0.5, 0.6) is 0 Å². The average Bonchev–Trinajstić information content (AvgIpc) is 2.81. The average molecular weight is 314 g/mol. The van der Waals surface area contributed by atoms with Gasteiger partial charge in [0.15, 0.2) is 0 Å². The van der Waals surface area contributed by atoms with Crippen molar-refractivity contribution in [2.24, 2.45) is 17.3 Å². The molecule has 6 heteroatoms. The molecule has 1 amide bonds. The molecule has 0 bridgehead atoms. The van der Waals surface area contributed by atoms with E-state index in [1.807, 2.05) is 20.8 Å². The molecule has 2 rings (SSSR count). The Labute approximate surface area is 128 Å².